The van der Waals surface area contributed by atoms with Gasteiger partial charge in [0.25, 0.3) is 0 Å². The Morgan fingerprint density at radius 2 is 2.00 bits per heavy atom. The van der Waals surface area contributed by atoms with E-state index in [1.807, 2.05) is 41.3 Å². The number of nitrogens with one attached hydrogen (secondary N) is 1. The van der Waals surface area contributed by atoms with Gasteiger partial charge in [0, 0.05) is 37.0 Å². The lowest BCUT2D eigenvalue weighted by atomic mass is 10.2. The van der Waals surface area contributed by atoms with Crippen LogP contribution in [0.5, 0.6) is 11.5 Å². The summed E-state index contributed by atoms with van der Waals surface area (Å²) in [6, 6.07) is 13.8. The normalized spacial score (nSPS) is 14.7. The third-order valence-corrected chi connectivity index (χ3v) is 4.23. The fraction of sp³-hybridized carbons (Fsp3) is 0.278. The average molecular weight is 310 g/mol. The van der Waals surface area contributed by atoms with E-state index in [-0.39, 0.29) is 12.7 Å². The summed E-state index contributed by atoms with van der Waals surface area (Å²) in [5.41, 5.74) is 3.24. The van der Waals surface area contributed by atoms with Gasteiger partial charge in [0.15, 0.2) is 11.5 Å². The number of hydrogen-bond donors (Lipinski definition) is 1. The Balaban J connectivity index is 1.34. The second-order valence-corrected chi connectivity index (χ2v) is 5.67. The van der Waals surface area contributed by atoms with Crippen LogP contribution in [0, 0.1) is 0 Å². The predicted octanol–water partition coefficient (Wildman–Crippen LogP) is 2.81. The van der Waals surface area contributed by atoms with Crippen molar-refractivity contribution in [1.29, 1.82) is 0 Å². The molecular formula is C18H18N2O3. The lowest BCUT2D eigenvalue weighted by molar-refractivity contribution is -0.118. The van der Waals surface area contributed by atoms with Gasteiger partial charge in [-0.1, -0.05) is 18.2 Å². The first-order chi connectivity index (χ1) is 11.3. The Morgan fingerprint density at radius 1 is 1.13 bits per heavy atom. The number of nitrogens with zero attached hydrogens (tertiary/aromatic N) is 1. The van der Waals surface area contributed by atoms with E-state index in [2.05, 4.69) is 11.4 Å². The van der Waals surface area contributed by atoms with Crippen LogP contribution in [-0.2, 0) is 11.2 Å². The Morgan fingerprint density at radius 3 is 2.96 bits per heavy atom. The molecule has 1 amide bonds. The van der Waals surface area contributed by atoms with Gasteiger partial charge >= 0.3 is 0 Å². The van der Waals surface area contributed by atoms with E-state index in [1.54, 1.807) is 0 Å². The van der Waals surface area contributed by atoms with Gasteiger partial charge in [-0.05, 0) is 30.2 Å². The molecule has 23 heavy (non-hydrogen) atoms. The van der Waals surface area contributed by atoms with Crippen LogP contribution < -0.4 is 19.7 Å². The summed E-state index contributed by atoms with van der Waals surface area (Å²) >= 11 is 0. The van der Waals surface area contributed by atoms with E-state index in [0.717, 1.165) is 35.8 Å². The number of hydrogen-bond acceptors (Lipinski definition) is 4. The van der Waals surface area contributed by atoms with Gasteiger partial charge in [0.1, 0.15) is 0 Å². The average Bonchev–Trinajstić information content (AvgIpc) is 3.21. The van der Waals surface area contributed by atoms with Crippen molar-refractivity contribution in [2.75, 3.05) is 30.1 Å². The minimum Gasteiger partial charge on any atom is -0.454 e. The number of carbonyl (C=O) groups excluding carboxylic acids is 1. The second kappa shape index (κ2) is 5.83. The van der Waals surface area contributed by atoms with Gasteiger partial charge in [-0.15, -0.1) is 0 Å². The first kappa shape index (κ1) is 13.9. The molecule has 2 aliphatic heterocycles. The molecule has 2 aromatic rings. The predicted molar refractivity (Wildman–Crippen MR) is 88.2 cm³/mol. The van der Waals surface area contributed by atoms with Crippen LogP contribution >= 0.6 is 0 Å². The summed E-state index contributed by atoms with van der Waals surface area (Å²) in [5, 5.41) is 3.27. The summed E-state index contributed by atoms with van der Waals surface area (Å²) in [7, 11) is 0. The molecule has 0 spiro atoms. The molecule has 1 N–H and O–H groups in total. The Hall–Kier alpha value is -2.69. The molecule has 0 bridgehead atoms. The maximum Gasteiger partial charge on any atom is 0.231 e. The number of rotatable bonds is 4. The molecular weight excluding hydrogens is 292 g/mol. The number of benzene rings is 2. The van der Waals surface area contributed by atoms with Crippen LogP contribution in [0.25, 0.3) is 0 Å². The summed E-state index contributed by atoms with van der Waals surface area (Å²) in [5.74, 6) is 1.67. The van der Waals surface area contributed by atoms with Crippen molar-refractivity contribution >= 4 is 17.3 Å². The smallest absolute Gasteiger partial charge is 0.231 e. The Kier molecular flexibility index (Phi) is 3.54. The van der Waals surface area contributed by atoms with Crippen molar-refractivity contribution in [3.63, 3.8) is 0 Å². The van der Waals surface area contributed by atoms with Gasteiger partial charge in [-0.2, -0.15) is 0 Å². The first-order valence-electron chi connectivity index (χ1n) is 7.83. The number of ether oxygens (including phenoxy) is 2. The van der Waals surface area contributed by atoms with Crippen molar-refractivity contribution < 1.29 is 14.3 Å². The lowest BCUT2D eigenvalue weighted by Gasteiger charge is -2.17. The fourth-order valence-electron chi connectivity index (χ4n) is 3.05. The number of anilines is 2. The second-order valence-electron chi connectivity index (χ2n) is 5.67. The minimum atomic E-state index is 0.156. The zero-order chi connectivity index (χ0) is 15.6. The van der Waals surface area contributed by atoms with Gasteiger partial charge in [0.2, 0.25) is 12.7 Å². The monoisotopic (exact) mass is 310 g/mol. The molecule has 0 saturated carbocycles. The molecule has 0 aliphatic carbocycles. The fourth-order valence-corrected chi connectivity index (χ4v) is 3.05. The van der Waals surface area contributed by atoms with Gasteiger partial charge in [-0.25, -0.2) is 0 Å². The van der Waals surface area contributed by atoms with Gasteiger partial charge in [-0.3, -0.25) is 4.79 Å². The van der Waals surface area contributed by atoms with Crippen LogP contribution in [-0.4, -0.2) is 25.8 Å². The number of para-hydroxylation sites is 1. The number of carbonyl (C=O) groups is 1. The standard InChI is InChI=1S/C18H18N2O3/c21-18(20-10-8-13-3-1-2-4-15(13)20)7-9-19-14-5-6-16-17(11-14)23-12-22-16/h1-6,11,19H,7-10,12H2. The largest absolute Gasteiger partial charge is 0.454 e. The zero-order valence-electron chi connectivity index (χ0n) is 12.7. The maximum atomic E-state index is 12.4. The van der Waals surface area contributed by atoms with Crippen molar-refractivity contribution in [1.82, 2.24) is 0 Å². The van der Waals surface area contributed by atoms with E-state index < -0.39 is 0 Å². The SMILES string of the molecule is O=C(CCNc1ccc2c(c1)OCO2)N1CCc2ccccc21. The van der Waals surface area contributed by atoms with Gasteiger partial charge in [0.05, 0.1) is 0 Å². The molecule has 0 aromatic heterocycles. The molecule has 0 fully saturated rings. The highest BCUT2D eigenvalue weighted by Crippen LogP contribution is 2.34. The molecule has 4 rings (SSSR count). The van der Waals surface area contributed by atoms with Gasteiger partial charge < -0.3 is 19.7 Å². The third-order valence-electron chi connectivity index (χ3n) is 4.23. The van der Waals surface area contributed by atoms with E-state index in [4.69, 9.17) is 9.47 Å². The van der Waals surface area contributed by atoms with Crippen molar-refractivity contribution in [3.05, 3.63) is 48.0 Å². The summed E-state index contributed by atoms with van der Waals surface area (Å²) in [6.07, 6.45) is 1.40. The lowest BCUT2D eigenvalue weighted by Crippen LogP contribution is -2.30. The third kappa shape index (κ3) is 2.70. The van der Waals surface area contributed by atoms with Crippen molar-refractivity contribution in [2.45, 2.75) is 12.8 Å². The highest BCUT2D eigenvalue weighted by Gasteiger charge is 2.23. The number of amides is 1. The number of fused-ring (bicyclic) bond motifs is 2. The molecule has 5 nitrogen and oxygen atoms in total. The molecule has 2 aromatic carbocycles. The highest BCUT2D eigenvalue weighted by molar-refractivity contribution is 5.95. The molecule has 2 heterocycles. The van der Waals surface area contributed by atoms with E-state index in [0.29, 0.717) is 13.0 Å². The van der Waals surface area contributed by atoms with Crippen molar-refractivity contribution in [2.24, 2.45) is 0 Å². The first-order valence-corrected chi connectivity index (χ1v) is 7.83. The highest BCUT2D eigenvalue weighted by atomic mass is 16.7. The molecule has 2 aliphatic rings. The van der Waals surface area contributed by atoms with Crippen LogP contribution in [0.15, 0.2) is 42.5 Å². The molecule has 0 atom stereocenters. The quantitative estimate of drug-likeness (QED) is 0.943. The summed E-state index contributed by atoms with van der Waals surface area (Å²) < 4.78 is 10.6. The van der Waals surface area contributed by atoms with Crippen molar-refractivity contribution in [3.8, 4) is 11.5 Å². The summed E-state index contributed by atoms with van der Waals surface area (Å²) in [4.78, 5) is 14.3. The molecule has 0 saturated heterocycles. The van der Waals surface area contributed by atoms with Crippen LogP contribution in [0.1, 0.15) is 12.0 Å². The van der Waals surface area contributed by atoms with Crippen LogP contribution in [0.4, 0.5) is 11.4 Å². The Labute approximate surface area is 134 Å². The molecule has 118 valence electrons. The van der Waals surface area contributed by atoms with E-state index in [1.165, 1.54) is 5.56 Å². The summed E-state index contributed by atoms with van der Waals surface area (Å²) in [6.45, 7) is 1.64. The zero-order valence-corrected chi connectivity index (χ0v) is 12.7. The Bertz CT molecular complexity index is 745. The minimum absolute atomic E-state index is 0.156. The van der Waals surface area contributed by atoms with Crippen LogP contribution in [0.2, 0.25) is 0 Å². The molecule has 5 heteroatoms. The maximum absolute atomic E-state index is 12.4. The van der Waals surface area contributed by atoms with E-state index in [9.17, 15) is 4.79 Å². The molecule has 0 unspecified atom stereocenters. The molecule has 0 radical (unpaired) electrons. The van der Waals surface area contributed by atoms with Crippen LogP contribution in [0.3, 0.4) is 0 Å². The topological polar surface area (TPSA) is 50.8 Å². The van der Waals surface area contributed by atoms with E-state index >= 15 is 0 Å².